The van der Waals surface area contributed by atoms with Crippen molar-refractivity contribution < 1.29 is 22.7 Å². The molecule has 2 rings (SSSR count). The molecule has 0 saturated heterocycles. The van der Waals surface area contributed by atoms with E-state index in [1.807, 2.05) is 0 Å². The summed E-state index contributed by atoms with van der Waals surface area (Å²) in [6.45, 7) is 4.64. The van der Waals surface area contributed by atoms with Gasteiger partial charge < -0.3 is 9.30 Å². The topological polar surface area (TPSA) is 44.1 Å². The summed E-state index contributed by atoms with van der Waals surface area (Å²) in [5.41, 5.74) is -2.74. The predicted molar refractivity (Wildman–Crippen MR) is 78.3 cm³/mol. The maximum atomic E-state index is 13.5. The quantitative estimate of drug-likeness (QED) is 0.798. The first kappa shape index (κ1) is 17.3. The second-order valence-corrected chi connectivity index (χ2v) is 6.59. The highest BCUT2D eigenvalue weighted by atomic mass is 19.4. The number of esters is 1. The molecule has 1 aliphatic carbocycles. The molecule has 1 aromatic rings. The van der Waals surface area contributed by atoms with Crippen LogP contribution in [-0.2, 0) is 16.1 Å². The van der Waals surface area contributed by atoms with E-state index in [-0.39, 0.29) is 6.54 Å². The van der Waals surface area contributed by atoms with E-state index in [0.717, 1.165) is 6.08 Å². The molecular weight excluding hydrogens is 309 g/mol. The maximum Gasteiger partial charge on any atom is 0.399 e. The van der Waals surface area contributed by atoms with E-state index in [2.05, 4.69) is 4.98 Å². The third-order valence-electron chi connectivity index (χ3n) is 3.56. The van der Waals surface area contributed by atoms with Crippen LogP contribution >= 0.6 is 0 Å². The van der Waals surface area contributed by atoms with Gasteiger partial charge in [-0.3, -0.25) is 4.79 Å². The number of halogens is 3. The molecule has 1 aromatic heterocycles. The first-order valence-corrected chi connectivity index (χ1v) is 7.16. The summed E-state index contributed by atoms with van der Waals surface area (Å²) in [7, 11) is 0. The van der Waals surface area contributed by atoms with Gasteiger partial charge in [-0.25, -0.2) is 4.98 Å². The summed E-state index contributed by atoms with van der Waals surface area (Å²) < 4.78 is 47.4. The number of ether oxygens (including phenoxy) is 1. The molecule has 7 heteroatoms. The Morgan fingerprint density at radius 2 is 2.00 bits per heavy atom. The zero-order valence-electron chi connectivity index (χ0n) is 13.2. The van der Waals surface area contributed by atoms with Crippen molar-refractivity contribution in [2.45, 2.75) is 39.1 Å². The summed E-state index contributed by atoms with van der Waals surface area (Å²) in [4.78, 5) is 16.1. The Balaban J connectivity index is 2.43. The van der Waals surface area contributed by atoms with Crippen LogP contribution in [0.25, 0.3) is 0 Å². The van der Waals surface area contributed by atoms with E-state index in [1.165, 1.54) is 41.5 Å². The Bertz CT molecular complexity index is 612. The van der Waals surface area contributed by atoms with Gasteiger partial charge in [0.2, 0.25) is 0 Å². The lowest BCUT2D eigenvalue weighted by atomic mass is 9.82. The molecule has 0 saturated carbocycles. The number of hydrogen-bond donors (Lipinski definition) is 0. The molecule has 0 fully saturated rings. The van der Waals surface area contributed by atoms with Crippen molar-refractivity contribution in [1.82, 2.24) is 9.55 Å². The van der Waals surface area contributed by atoms with Crippen molar-refractivity contribution in [3.63, 3.8) is 0 Å². The fourth-order valence-electron chi connectivity index (χ4n) is 2.32. The number of rotatable bonds is 3. The van der Waals surface area contributed by atoms with Crippen LogP contribution in [0.5, 0.6) is 0 Å². The van der Waals surface area contributed by atoms with Gasteiger partial charge in [-0.15, -0.1) is 0 Å². The van der Waals surface area contributed by atoms with E-state index in [4.69, 9.17) is 4.74 Å². The largest absolute Gasteiger partial charge is 0.451 e. The van der Waals surface area contributed by atoms with E-state index >= 15 is 0 Å². The molecule has 2 atom stereocenters. The van der Waals surface area contributed by atoms with Gasteiger partial charge in [-0.05, 0) is 26.8 Å². The number of hydrogen-bond acceptors (Lipinski definition) is 3. The van der Waals surface area contributed by atoms with Crippen LogP contribution in [0, 0.1) is 11.3 Å². The molecule has 126 valence electrons. The van der Waals surface area contributed by atoms with Crippen LogP contribution in [0.15, 0.2) is 43.0 Å². The number of nitrogens with zero attached hydrogens (tertiary/aromatic N) is 2. The first-order valence-electron chi connectivity index (χ1n) is 7.16. The second-order valence-electron chi connectivity index (χ2n) is 6.59. The highest BCUT2D eigenvalue weighted by molar-refractivity contribution is 5.76. The third kappa shape index (κ3) is 3.83. The van der Waals surface area contributed by atoms with Crippen LogP contribution < -0.4 is 0 Å². The molecule has 2 unspecified atom stereocenters. The maximum absolute atomic E-state index is 13.5. The Morgan fingerprint density at radius 1 is 1.30 bits per heavy atom. The lowest BCUT2D eigenvalue weighted by molar-refractivity contribution is -0.218. The van der Waals surface area contributed by atoms with Crippen molar-refractivity contribution >= 4 is 5.97 Å². The van der Waals surface area contributed by atoms with E-state index in [9.17, 15) is 18.0 Å². The van der Waals surface area contributed by atoms with Crippen molar-refractivity contribution in [3.05, 3.63) is 43.0 Å². The fourth-order valence-corrected chi connectivity index (χ4v) is 2.32. The zero-order valence-corrected chi connectivity index (χ0v) is 13.2. The molecule has 4 nitrogen and oxygen atoms in total. The minimum Gasteiger partial charge on any atom is -0.451 e. The normalized spacial score (nSPS) is 24.7. The fraction of sp³-hybridized carbons (Fsp3) is 0.500. The summed E-state index contributed by atoms with van der Waals surface area (Å²) in [5.74, 6) is -2.61. The third-order valence-corrected chi connectivity index (χ3v) is 3.56. The summed E-state index contributed by atoms with van der Waals surface area (Å²) >= 11 is 0. The van der Waals surface area contributed by atoms with E-state index < -0.39 is 29.1 Å². The van der Waals surface area contributed by atoms with Crippen LogP contribution in [0.2, 0.25) is 0 Å². The number of imidazole rings is 1. The minimum absolute atomic E-state index is 0.167. The summed E-state index contributed by atoms with van der Waals surface area (Å²) in [5, 5.41) is 0. The van der Waals surface area contributed by atoms with Gasteiger partial charge in [0.15, 0.2) is 5.60 Å². The second kappa shape index (κ2) is 5.86. The van der Waals surface area contributed by atoms with Crippen LogP contribution in [0.3, 0.4) is 0 Å². The monoisotopic (exact) mass is 328 g/mol. The number of aromatic nitrogens is 2. The van der Waals surface area contributed by atoms with E-state index in [0.29, 0.717) is 0 Å². The molecule has 0 bridgehead atoms. The average Bonchev–Trinajstić information content (AvgIpc) is 2.89. The first-order chi connectivity index (χ1) is 10.5. The molecule has 0 amide bonds. The lowest BCUT2D eigenvalue weighted by Crippen LogP contribution is -2.51. The molecule has 0 radical (unpaired) electrons. The molecule has 0 aromatic carbocycles. The number of carbonyl (C=O) groups is 1. The van der Waals surface area contributed by atoms with Gasteiger partial charge in [0.05, 0.1) is 18.3 Å². The smallest absolute Gasteiger partial charge is 0.399 e. The van der Waals surface area contributed by atoms with Gasteiger partial charge in [-0.2, -0.15) is 13.2 Å². The standard InChI is InChI=1S/C16H19F3N2O2/c1-14(2,3)13(22)23-15(10-21-9-8-20-11-21)7-5-4-6-12(15)16(17,18)19/h4-9,11-12H,10H2,1-3H3. The van der Waals surface area contributed by atoms with Crippen molar-refractivity contribution in [2.24, 2.45) is 11.3 Å². The van der Waals surface area contributed by atoms with Gasteiger partial charge in [0.1, 0.15) is 5.92 Å². The van der Waals surface area contributed by atoms with Crippen molar-refractivity contribution in [3.8, 4) is 0 Å². The Hall–Kier alpha value is -2.05. The van der Waals surface area contributed by atoms with Crippen molar-refractivity contribution in [2.75, 3.05) is 0 Å². The van der Waals surface area contributed by atoms with Gasteiger partial charge in [0, 0.05) is 12.4 Å². The Morgan fingerprint density at radius 3 is 2.52 bits per heavy atom. The number of allylic oxidation sites excluding steroid dienone is 2. The van der Waals surface area contributed by atoms with Crippen molar-refractivity contribution in [1.29, 1.82) is 0 Å². The molecular formula is C16H19F3N2O2. The molecule has 0 spiro atoms. The molecule has 23 heavy (non-hydrogen) atoms. The van der Waals surface area contributed by atoms with E-state index in [1.54, 1.807) is 20.8 Å². The predicted octanol–water partition coefficient (Wildman–Crippen LogP) is 3.52. The van der Waals surface area contributed by atoms with Gasteiger partial charge in [-0.1, -0.05) is 18.2 Å². The summed E-state index contributed by atoms with van der Waals surface area (Å²) in [6, 6.07) is 0. The van der Waals surface area contributed by atoms with Crippen LogP contribution in [0.1, 0.15) is 20.8 Å². The average molecular weight is 328 g/mol. The lowest BCUT2D eigenvalue weighted by Gasteiger charge is -2.40. The number of alkyl halides is 3. The van der Waals surface area contributed by atoms with Gasteiger partial charge >= 0.3 is 12.1 Å². The molecule has 0 N–H and O–H groups in total. The minimum atomic E-state index is -4.54. The molecule has 1 heterocycles. The Labute approximate surface area is 132 Å². The van der Waals surface area contributed by atoms with Crippen LogP contribution in [0.4, 0.5) is 13.2 Å². The van der Waals surface area contributed by atoms with Gasteiger partial charge in [0.25, 0.3) is 0 Å². The highest BCUT2D eigenvalue weighted by Gasteiger charge is 2.55. The Kier molecular flexibility index (Phi) is 4.41. The number of carbonyl (C=O) groups excluding carboxylic acids is 1. The SMILES string of the molecule is CC(C)(C)C(=O)OC1(Cn2ccnc2)C=CC=CC1C(F)(F)F. The molecule has 0 aliphatic heterocycles. The zero-order chi connectivity index (χ0) is 17.3. The summed E-state index contributed by atoms with van der Waals surface area (Å²) in [6.07, 6.45) is 4.95. The highest BCUT2D eigenvalue weighted by Crippen LogP contribution is 2.42. The van der Waals surface area contributed by atoms with Crippen LogP contribution in [-0.4, -0.2) is 27.3 Å². The molecule has 1 aliphatic rings.